The van der Waals surface area contributed by atoms with Crippen molar-refractivity contribution < 1.29 is 4.92 Å². The Hall–Kier alpha value is -2.35. The third-order valence-corrected chi connectivity index (χ3v) is 3.31. The van der Waals surface area contributed by atoms with Gasteiger partial charge in [0.15, 0.2) is 5.82 Å². The van der Waals surface area contributed by atoms with Crippen molar-refractivity contribution in [2.75, 3.05) is 0 Å². The molecule has 1 heterocycles. The largest absolute Gasteiger partial charge is 0.273 e. The Kier molecular flexibility index (Phi) is 4.59. The zero-order chi connectivity index (χ0) is 15.4. The first kappa shape index (κ1) is 15.0. The van der Waals surface area contributed by atoms with Crippen LogP contribution in [0.2, 0.25) is 0 Å². The van der Waals surface area contributed by atoms with Gasteiger partial charge in [-0.25, -0.2) is 0 Å². The molecule has 0 saturated heterocycles. The van der Waals surface area contributed by atoms with Gasteiger partial charge in [0.1, 0.15) is 0 Å². The van der Waals surface area contributed by atoms with Gasteiger partial charge >= 0.3 is 0 Å². The molecule has 0 radical (unpaired) electrons. The van der Waals surface area contributed by atoms with Crippen molar-refractivity contribution in [2.45, 2.75) is 26.7 Å². The van der Waals surface area contributed by atoms with Gasteiger partial charge in [0.05, 0.1) is 11.1 Å². The van der Waals surface area contributed by atoms with Gasteiger partial charge in [0, 0.05) is 23.6 Å². The maximum atomic E-state index is 11.0. The molecular formula is C13H15N5O2S. The Bertz CT molecular complexity index is 747. The van der Waals surface area contributed by atoms with Gasteiger partial charge in [-0.2, -0.15) is 14.9 Å². The summed E-state index contributed by atoms with van der Waals surface area (Å²) in [7, 11) is 0. The van der Waals surface area contributed by atoms with E-state index in [2.05, 4.69) is 15.3 Å². The van der Waals surface area contributed by atoms with Gasteiger partial charge in [0.25, 0.3) is 5.69 Å². The second kappa shape index (κ2) is 6.40. The number of aryl methyl sites for hydroxylation is 2. The van der Waals surface area contributed by atoms with Gasteiger partial charge < -0.3 is 0 Å². The highest BCUT2D eigenvalue weighted by molar-refractivity contribution is 7.71. The number of benzene rings is 1. The molecule has 0 atom stereocenters. The zero-order valence-corrected chi connectivity index (χ0v) is 12.6. The normalized spacial score (nSPS) is 11.1. The van der Waals surface area contributed by atoms with Crippen LogP contribution in [0.3, 0.4) is 0 Å². The van der Waals surface area contributed by atoms with E-state index in [9.17, 15) is 10.1 Å². The summed E-state index contributed by atoms with van der Waals surface area (Å²) in [6.45, 7) is 3.83. The third kappa shape index (κ3) is 3.22. The van der Waals surface area contributed by atoms with E-state index in [1.165, 1.54) is 17.0 Å². The highest BCUT2D eigenvalue weighted by Crippen LogP contribution is 2.20. The standard InChI is InChI=1S/C13H15N5O2S/c1-3-10-6-5-9(7-11(10)18(19)20)8-14-17-12(4-2)15-16-13(17)21/h5-8H,3-4H2,1-2H3,(H,16,21)/b14-8-. The molecule has 0 saturated carbocycles. The fourth-order valence-electron chi connectivity index (χ4n) is 1.93. The molecule has 1 aromatic carbocycles. The highest BCUT2D eigenvalue weighted by atomic mass is 32.1. The fraction of sp³-hybridized carbons (Fsp3) is 0.308. The molecule has 21 heavy (non-hydrogen) atoms. The summed E-state index contributed by atoms with van der Waals surface area (Å²) in [5.41, 5.74) is 1.45. The van der Waals surface area contributed by atoms with Crippen molar-refractivity contribution in [2.24, 2.45) is 5.10 Å². The van der Waals surface area contributed by atoms with Crippen molar-refractivity contribution in [3.05, 3.63) is 50.0 Å². The number of H-pyrrole nitrogens is 1. The number of hydrogen-bond acceptors (Lipinski definition) is 5. The average molecular weight is 305 g/mol. The van der Waals surface area contributed by atoms with Crippen LogP contribution in [0.15, 0.2) is 23.3 Å². The van der Waals surface area contributed by atoms with Crippen LogP contribution in [0.25, 0.3) is 0 Å². The lowest BCUT2D eigenvalue weighted by Gasteiger charge is -2.01. The minimum atomic E-state index is -0.378. The van der Waals surface area contributed by atoms with Gasteiger partial charge in [-0.15, -0.1) is 0 Å². The van der Waals surface area contributed by atoms with E-state index >= 15 is 0 Å². The van der Waals surface area contributed by atoms with Crippen LogP contribution in [0.1, 0.15) is 30.8 Å². The molecule has 0 bridgehead atoms. The summed E-state index contributed by atoms with van der Waals surface area (Å²) in [4.78, 5) is 10.7. The first-order valence-electron chi connectivity index (χ1n) is 6.54. The first-order valence-corrected chi connectivity index (χ1v) is 6.95. The van der Waals surface area contributed by atoms with E-state index in [1.807, 2.05) is 13.8 Å². The van der Waals surface area contributed by atoms with Gasteiger partial charge in [-0.1, -0.05) is 26.0 Å². The summed E-state index contributed by atoms with van der Waals surface area (Å²) in [6.07, 6.45) is 2.83. The maximum absolute atomic E-state index is 11.0. The van der Waals surface area contributed by atoms with E-state index < -0.39 is 0 Å². The van der Waals surface area contributed by atoms with E-state index in [1.54, 1.807) is 12.1 Å². The quantitative estimate of drug-likeness (QED) is 0.398. The number of nitro benzene ring substituents is 1. The molecule has 1 aromatic heterocycles. The van der Waals surface area contributed by atoms with Crippen LogP contribution in [0.4, 0.5) is 5.69 Å². The average Bonchev–Trinajstić information content (AvgIpc) is 2.85. The molecular weight excluding hydrogens is 290 g/mol. The summed E-state index contributed by atoms with van der Waals surface area (Å²) < 4.78 is 1.90. The molecule has 110 valence electrons. The molecule has 8 heteroatoms. The van der Waals surface area contributed by atoms with Crippen LogP contribution >= 0.6 is 12.2 Å². The topological polar surface area (TPSA) is 89.1 Å². The van der Waals surface area contributed by atoms with Crippen LogP contribution < -0.4 is 0 Å². The predicted molar refractivity (Wildman–Crippen MR) is 82.3 cm³/mol. The van der Waals surface area contributed by atoms with E-state index in [0.29, 0.717) is 34.6 Å². The van der Waals surface area contributed by atoms with Crippen molar-refractivity contribution in [3.8, 4) is 0 Å². The molecule has 2 rings (SSSR count). The van der Waals surface area contributed by atoms with Gasteiger partial charge in [-0.05, 0) is 18.6 Å². The lowest BCUT2D eigenvalue weighted by Crippen LogP contribution is -1.99. The molecule has 0 aliphatic carbocycles. The molecule has 7 nitrogen and oxygen atoms in total. The Labute approximate surface area is 126 Å². The number of nitrogens with one attached hydrogen (secondary N) is 1. The molecule has 1 N–H and O–H groups in total. The molecule has 2 aromatic rings. The second-order valence-corrected chi connectivity index (χ2v) is 4.74. The minimum Gasteiger partial charge on any atom is -0.258 e. The van der Waals surface area contributed by atoms with E-state index in [0.717, 1.165) is 0 Å². The molecule has 0 fully saturated rings. The van der Waals surface area contributed by atoms with E-state index in [4.69, 9.17) is 12.2 Å². The molecule has 0 unspecified atom stereocenters. The molecule has 0 spiro atoms. The number of nitro groups is 1. The van der Waals surface area contributed by atoms with Crippen molar-refractivity contribution >= 4 is 24.1 Å². The van der Waals surface area contributed by atoms with Crippen LogP contribution in [0, 0.1) is 14.9 Å². The SMILES string of the molecule is CCc1ccc(/C=N\n2c(CC)n[nH]c2=S)cc1[N+](=O)[O-]. The minimum absolute atomic E-state index is 0.105. The van der Waals surface area contributed by atoms with Crippen molar-refractivity contribution in [1.29, 1.82) is 0 Å². The summed E-state index contributed by atoms with van der Waals surface area (Å²) >= 11 is 5.08. The summed E-state index contributed by atoms with van der Waals surface area (Å²) in [5, 5.41) is 22.0. The molecule has 0 aliphatic rings. The Morgan fingerprint density at radius 3 is 2.86 bits per heavy atom. The smallest absolute Gasteiger partial charge is 0.258 e. The maximum Gasteiger partial charge on any atom is 0.273 e. The lowest BCUT2D eigenvalue weighted by molar-refractivity contribution is -0.385. The number of aromatic amines is 1. The summed E-state index contributed by atoms with van der Waals surface area (Å²) in [5.74, 6) is 0.705. The van der Waals surface area contributed by atoms with Gasteiger partial charge in [0.2, 0.25) is 4.77 Å². The zero-order valence-electron chi connectivity index (χ0n) is 11.7. The third-order valence-electron chi connectivity index (χ3n) is 3.04. The molecule has 0 aliphatic heterocycles. The van der Waals surface area contributed by atoms with Crippen LogP contribution in [-0.4, -0.2) is 26.0 Å². The van der Waals surface area contributed by atoms with Crippen LogP contribution in [0.5, 0.6) is 0 Å². The second-order valence-electron chi connectivity index (χ2n) is 4.35. The monoisotopic (exact) mass is 305 g/mol. The number of aromatic nitrogens is 3. The Morgan fingerprint density at radius 1 is 1.48 bits per heavy atom. The fourth-order valence-corrected chi connectivity index (χ4v) is 2.12. The predicted octanol–water partition coefficient (Wildman–Crippen LogP) is 2.86. The molecule has 0 amide bonds. The first-order chi connectivity index (χ1) is 10.1. The highest BCUT2D eigenvalue weighted by Gasteiger charge is 2.12. The van der Waals surface area contributed by atoms with Gasteiger partial charge in [-0.3, -0.25) is 15.2 Å². The summed E-state index contributed by atoms with van der Waals surface area (Å²) in [6, 6.07) is 5.05. The number of hydrogen-bond donors (Lipinski definition) is 1. The van der Waals surface area contributed by atoms with Crippen molar-refractivity contribution in [1.82, 2.24) is 14.9 Å². The van der Waals surface area contributed by atoms with E-state index in [-0.39, 0.29) is 10.6 Å². The number of rotatable bonds is 5. The van der Waals surface area contributed by atoms with Crippen molar-refractivity contribution in [3.63, 3.8) is 0 Å². The number of nitrogens with zero attached hydrogens (tertiary/aromatic N) is 4. The Morgan fingerprint density at radius 2 is 2.24 bits per heavy atom. The van der Waals surface area contributed by atoms with Crippen LogP contribution in [-0.2, 0) is 12.8 Å². The Balaban J connectivity index is 2.37. The lowest BCUT2D eigenvalue weighted by atomic mass is 10.1.